The monoisotopic (exact) mass is 558 g/mol. The number of nitrogens with one attached hydrogen (secondary N) is 1. The second kappa shape index (κ2) is 10.6. The molecule has 3 N–H and O–H groups in total. The summed E-state index contributed by atoms with van der Waals surface area (Å²) in [6.07, 6.45) is -0.820. The van der Waals surface area contributed by atoms with Crippen LogP contribution in [-0.2, 0) is 26.0 Å². The van der Waals surface area contributed by atoms with Crippen LogP contribution in [0, 0.1) is 5.92 Å². The van der Waals surface area contributed by atoms with Crippen LogP contribution in [0.4, 0.5) is 5.69 Å². The first-order valence-corrected chi connectivity index (χ1v) is 13.6. The fourth-order valence-electron chi connectivity index (χ4n) is 4.04. The SMILES string of the molecule is C[C@@H](Cc1ccc(Cl)c(Cl)c1)C(=O)NC1N=C(c2ccc(S(N)(=O)=O)cc2)c2ccccc2N(C)C1=O. The van der Waals surface area contributed by atoms with Gasteiger partial charge in [-0.05, 0) is 42.3 Å². The van der Waals surface area contributed by atoms with Crippen molar-refractivity contribution < 1.29 is 18.0 Å². The summed E-state index contributed by atoms with van der Waals surface area (Å²) in [7, 11) is -2.26. The summed E-state index contributed by atoms with van der Waals surface area (Å²) in [5.41, 5.74) is 3.07. The molecule has 8 nitrogen and oxygen atoms in total. The smallest absolute Gasteiger partial charge is 0.272 e. The fourth-order valence-corrected chi connectivity index (χ4v) is 4.87. The van der Waals surface area contributed by atoms with Crippen LogP contribution < -0.4 is 15.4 Å². The summed E-state index contributed by atoms with van der Waals surface area (Å²) in [5.74, 6) is -1.27. The van der Waals surface area contributed by atoms with Crippen LogP contribution in [0.1, 0.15) is 23.6 Å². The number of nitrogens with two attached hydrogens (primary N) is 1. The van der Waals surface area contributed by atoms with Gasteiger partial charge in [0.05, 0.1) is 26.3 Å². The lowest BCUT2D eigenvalue weighted by Crippen LogP contribution is -2.47. The van der Waals surface area contributed by atoms with Crippen LogP contribution in [-0.4, -0.2) is 39.2 Å². The highest BCUT2D eigenvalue weighted by Gasteiger charge is 2.32. The lowest BCUT2D eigenvalue weighted by Gasteiger charge is -2.22. The normalized spacial score (nSPS) is 16.5. The number of carbonyl (C=O) groups excluding carboxylic acids is 2. The number of carbonyl (C=O) groups is 2. The maximum Gasteiger partial charge on any atom is 0.272 e. The van der Waals surface area contributed by atoms with E-state index in [1.54, 1.807) is 56.4 Å². The van der Waals surface area contributed by atoms with Gasteiger partial charge in [-0.3, -0.25) is 9.59 Å². The zero-order chi connectivity index (χ0) is 26.9. The summed E-state index contributed by atoms with van der Waals surface area (Å²) in [4.78, 5) is 32.5. The molecular weight excluding hydrogens is 535 g/mol. The number of para-hydroxylation sites is 1. The van der Waals surface area contributed by atoms with Crippen molar-refractivity contribution in [1.82, 2.24) is 5.32 Å². The van der Waals surface area contributed by atoms with Gasteiger partial charge in [-0.2, -0.15) is 0 Å². The lowest BCUT2D eigenvalue weighted by atomic mass is 10.00. The number of nitrogens with zero attached hydrogens (tertiary/aromatic N) is 2. The number of benzene rings is 3. The Balaban J connectivity index is 1.67. The Morgan fingerprint density at radius 1 is 1.08 bits per heavy atom. The van der Waals surface area contributed by atoms with E-state index in [0.717, 1.165) is 5.56 Å². The van der Waals surface area contributed by atoms with E-state index in [0.29, 0.717) is 39.0 Å². The maximum atomic E-state index is 13.3. The van der Waals surface area contributed by atoms with E-state index in [4.69, 9.17) is 28.3 Å². The summed E-state index contributed by atoms with van der Waals surface area (Å²) >= 11 is 12.1. The number of aliphatic imine (C=N–C) groups is 1. The molecule has 2 atom stereocenters. The van der Waals surface area contributed by atoms with E-state index < -0.39 is 28.0 Å². The number of anilines is 1. The molecule has 0 bridgehead atoms. The number of fused-ring (bicyclic) bond motifs is 1. The summed E-state index contributed by atoms with van der Waals surface area (Å²) in [5, 5.41) is 8.81. The Morgan fingerprint density at radius 2 is 1.76 bits per heavy atom. The highest BCUT2D eigenvalue weighted by atomic mass is 35.5. The van der Waals surface area contributed by atoms with E-state index in [1.807, 2.05) is 12.1 Å². The molecule has 1 aliphatic heterocycles. The van der Waals surface area contributed by atoms with Gasteiger partial charge < -0.3 is 10.2 Å². The molecule has 0 saturated heterocycles. The van der Waals surface area contributed by atoms with Gasteiger partial charge in [0.2, 0.25) is 22.1 Å². The highest BCUT2D eigenvalue weighted by Crippen LogP contribution is 2.28. The zero-order valence-corrected chi connectivity index (χ0v) is 22.3. The average Bonchev–Trinajstić information content (AvgIpc) is 2.96. The van der Waals surface area contributed by atoms with Crippen molar-refractivity contribution >= 4 is 56.4 Å². The van der Waals surface area contributed by atoms with E-state index >= 15 is 0 Å². The van der Waals surface area contributed by atoms with Gasteiger partial charge >= 0.3 is 0 Å². The third-order valence-corrected chi connectivity index (χ3v) is 7.72. The van der Waals surface area contributed by atoms with Crippen molar-refractivity contribution in [3.63, 3.8) is 0 Å². The molecular formula is C26H24Cl2N4O4S. The molecule has 0 fully saturated rings. The van der Waals surface area contributed by atoms with Gasteiger partial charge in [-0.15, -0.1) is 0 Å². The molecule has 0 spiro atoms. The van der Waals surface area contributed by atoms with Crippen molar-refractivity contribution in [2.24, 2.45) is 16.0 Å². The van der Waals surface area contributed by atoms with Crippen LogP contribution in [0.2, 0.25) is 10.0 Å². The van der Waals surface area contributed by atoms with Crippen LogP contribution in [0.25, 0.3) is 0 Å². The van der Waals surface area contributed by atoms with Crippen molar-refractivity contribution in [1.29, 1.82) is 0 Å². The van der Waals surface area contributed by atoms with Crippen LogP contribution in [0.3, 0.4) is 0 Å². The number of rotatable bonds is 6. The van der Waals surface area contributed by atoms with Gasteiger partial charge in [-0.25, -0.2) is 18.5 Å². The van der Waals surface area contributed by atoms with Crippen LogP contribution in [0.5, 0.6) is 0 Å². The lowest BCUT2D eigenvalue weighted by molar-refractivity contribution is -0.129. The topological polar surface area (TPSA) is 122 Å². The molecule has 0 aromatic heterocycles. The molecule has 3 aromatic carbocycles. The van der Waals surface area contributed by atoms with E-state index in [2.05, 4.69) is 10.3 Å². The Hall–Kier alpha value is -3.24. The third-order valence-electron chi connectivity index (χ3n) is 6.05. The second-order valence-corrected chi connectivity index (χ2v) is 11.1. The summed E-state index contributed by atoms with van der Waals surface area (Å²) in [6, 6.07) is 18.2. The number of hydrogen-bond donors (Lipinski definition) is 2. The molecule has 37 heavy (non-hydrogen) atoms. The Morgan fingerprint density at radius 3 is 2.41 bits per heavy atom. The van der Waals surface area contributed by atoms with Gasteiger partial charge in [0, 0.05) is 24.1 Å². The largest absolute Gasteiger partial charge is 0.326 e. The average molecular weight is 559 g/mol. The number of benzodiazepines with no additional fused rings is 1. The van der Waals surface area contributed by atoms with Crippen LogP contribution >= 0.6 is 23.2 Å². The number of halogens is 2. The van der Waals surface area contributed by atoms with E-state index in [1.165, 1.54) is 17.0 Å². The molecule has 1 heterocycles. The minimum atomic E-state index is -3.88. The third kappa shape index (κ3) is 5.86. The van der Waals surface area contributed by atoms with Crippen molar-refractivity contribution in [2.75, 3.05) is 11.9 Å². The Bertz CT molecular complexity index is 1510. The molecule has 2 amide bonds. The van der Waals surface area contributed by atoms with Gasteiger partial charge in [0.1, 0.15) is 0 Å². The molecule has 1 aliphatic rings. The molecule has 192 valence electrons. The standard InChI is InChI=1S/C26H24Cl2N4O4S/c1-15(13-16-7-12-20(27)21(28)14-16)25(33)31-24-26(34)32(2)22-6-4-3-5-19(22)23(30-24)17-8-10-18(11-9-17)37(29,35)36/h3-12,14-15,24H,13H2,1-2H3,(H,31,33)(H2,29,35,36)/t15-,24?/m0/s1. The molecule has 0 aliphatic carbocycles. The predicted octanol–water partition coefficient (Wildman–Crippen LogP) is 3.78. The first-order valence-electron chi connectivity index (χ1n) is 11.3. The number of primary sulfonamides is 1. The van der Waals surface area contributed by atoms with E-state index in [-0.39, 0.29) is 10.8 Å². The highest BCUT2D eigenvalue weighted by molar-refractivity contribution is 7.89. The molecule has 4 rings (SSSR count). The summed E-state index contributed by atoms with van der Waals surface area (Å²) < 4.78 is 23.4. The molecule has 3 aromatic rings. The number of amides is 2. The van der Waals surface area contributed by atoms with Gasteiger partial charge in [0.25, 0.3) is 5.91 Å². The fraction of sp³-hybridized carbons (Fsp3) is 0.192. The Labute approximate surface area is 225 Å². The molecule has 0 radical (unpaired) electrons. The number of likely N-dealkylation sites (N-methyl/N-ethyl adjacent to an activating group) is 1. The van der Waals surface area contributed by atoms with Gasteiger partial charge in [-0.1, -0.05) is 66.5 Å². The minimum absolute atomic E-state index is 0.0482. The van der Waals surface area contributed by atoms with Crippen molar-refractivity contribution in [3.8, 4) is 0 Å². The number of sulfonamides is 1. The molecule has 0 saturated carbocycles. The maximum absolute atomic E-state index is 13.3. The zero-order valence-electron chi connectivity index (χ0n) is 20.0. The first-order chi connectivity index (χ1) is 17.5. The van der Waals surface area contributed by atoms with Crippen molar-refractivity contribution in [2.45, 2.75) is 24.4 Å². The molecule has 1 unspecified atom stereocenters. The minimum Gasteiger partial charge on any atom is -0.326 e. The molecule has 11 heteroatoms. The Kier molecular flexibility index (Phi) is 7.70. The summed E-state index contributed by atoms with van der Waals surface area (Å²) in [6.45, 7) is 1.74. The van der Waals surface area contributed by atoms with Crippen LogP contribution in [0.15, 0.2) is 76.6 Å². The quantitative estimate of drug-likeness (QED) is 0.478. The van der Waals surface area contributed by atoms with Crippen molar-refractivity contribution in [3.05, 3.63) is 93.5 Å². The van der Waals surface area contributed by atoms with E-state index in [9.17, 15) is 18.0 Å². The number of hydrogen-bond acceptors (Lipinski definition) is 5. The van der Waals surface area contributed by atoms with Gasteiger partial charge in [0.15, 0.2) is 0 Å². The predicted molar refractivity (Wildman–Crippen MR) is 145 cm³/mol. The first kappa shape index (κ1) is 26.8. The second-order valence-electron chi connectivity index (χ2n) is 8.73.